The molecule has 0 aromatic carbocycles. The lowest BCUT2D eigenvalue weighted by molar-refractivity contribution is 0.586. The van der Waals surface area contributed by atoms with Gasteiger partial charge in [0.1, 0.15) is 0 Å². The van der Waals surface area contributed by atoms with Gasteiger partial charge in [-0.05, 0) is 24.7 Å². The van der Waals surface area contributed by atoms with Crippen LogP contribution < -0.4 is 10.6 Å². The number of hydrogen-bond donors (Lipinski definition) is 2. The number of nitrogens with zero attached hydrogens (tertiary/aromatic N) is 1. The van der Waals surface area contributed by atoms with Crippen LogP contribution in [-0.2, 0) is 0 Å². The molecule has 1 atom stereocenters. The van der Waals surface area contributed by atoms with E-state index in [9.17, 15) is 0 Å². The van der Waals surface area contributed by atoms with E-state index in [0.29, 0.717) is 17.4 Å². The number of guanidine groups is 1. The van der Waals surface area contributed by atoms with Gasteiger partial charge in [-0.1, -0.05) is 27.7 Å². The van der Waals surface area contributed by atoms with E-state index < -0.39 is 0 Å². The summed E-state index contributed by atoms with van der Waals surface area (Å²) in [5, 5.41) is 6.76. The number of nitrogens with one attached hydrogen (secondary N) is 2. The number of aliphatic imine (C=N–C) groups is 1. The van der Waals surface area contributed by atoms with Gasteiger partial charge in [-0.2, -0.15) is 0 Å². The summed E-state index contributed by atoms with van der Waals surface area (Å²) in [4.78, 5) is 4.55. The van der Waals surface area contributed by atoms with Crippen molar-refractivity contribution in [1.29, 1.82) is 0 Å². The summed E-state index contributed by atoms with van der Waals surface area (Å²) >= 11 is 0. The molecule has 1 unspecified atom stereocenters. The van der Waals surface area contributed by atoms with Crippen LogP contribution in [0.3, 0.4) is 0 Å². The van der Waals surface area contributed by atoms with E-state index in [0.717, 1.165) is 19.0 Å². The van der Waals surface area contributed by atoms with Crippen molar-refractivity contribution in [3.63, 3.8) is 0 Å². The summed E-state index contributed by atoms with van der Waals surface area (Å²) < 4.78 is 0. The highest BCUT2D eigenvalue weighted by atomic mass is 15.2. The van der Waals surface area contributed by atoms with E-state index in [2.05, 4.69) is 50.2 Å². The fourth-order valence-corrected chi connectivity index (χ4v) is 1.47. The molecular weight excluding hydrogens is 186 g/mol. The molecule has 0 aliphatic heterocycles. The van der Waals surface area contributed by atoms with Crippen molar-refractivity contribution in [1.82, 2.24) is 10.6 Å². The van der Waals surface area contributed by atoms with Crippen molar-refractivity contribution in [2.24, 2.45) is 16.3 Å². The van der Waals surface area contributed by atoms with Gasteiger partial charge in [0.2, 0.25) is 0 Å². The molecule has 0 saturated heterocycles. The van der Waals surface area contributed by atoms with Crippen LogP contribution in [0.1, 0.15) is 41.0 Å². The van der Waals surface area contributed by atoms with Gasteiger partial charge in [0.05, 0.1) is 0 Å². The Hall–Kier alpha value is -0.730. The topological polar surface area (TPSA) is 36.4 Å². The summed E-state index contributed by atoms with van der Waals surface area (Å²) in [5.41, 5.74) is 0.452. The maximum absolute atomic E-state index is 4.55. The van der Waals surface area contributed by atoms with Crippen LogP contribution in [0.2, 0.25) is 0 Å². The Balaban J connectivity index is 2.40. The van der Waals surface area contributed by atoms with E-state index in [1.165, 1.54) is 6.42 Å². The quantitative estimate of drug-likeness (QED) is 0.551. The third kappa shape index (κ3) is 4.10. The molecule has 1 rings (SSSR count). The zero-order valence-corrected chi connectivity index (χ0v) is 10.7. The molecule has 0 bridgehead atoms. The van der Waals surface area contributed by atoms with E-state index in [4.69, 9.17) is 0 Å². The van der Waals surface area contributed by atoms with Crippen LogP contribution in [0.15, 0.2) is 4.99 Å². The molecule has 88 valence electrons. The highest BCUT2D eigenvalue weighted by Gasteiger charge is 2.46. The first kappa shape index (κ1) is 12.3. The smallest absolute Gasteiger partial charge is 0.191 e. The lowest BCUT2D eigenvalue weighted by Gasteiger charge is -2.13. The lowest BCUT2D eigenvalue weighted by Crippen LogP contribution is -2.40. The lowest BCUT2D eigenvalue weighted by atomic mass is 10.2. The molecule has 0 radical (unpaired) electrons. The van der Waals surface area contributed by atoms with Crippen molar-refractivity contribution >= 4 is 5.96 Å². The summed E-state index contributed by atoms with van der Waals surface area (Å²) in [6, 6.07) is 0.600. The third-order valence-electron chi connectivity index (χ3n) is 2.78. The van der Waals surface area contributed by atoms with Gasteiger partial charge in [-0.25, -0.2) is 0 Å². The predicted octanol–water partition coefficient (Wildman–Crippen LogP) is 2.00. The van der Waals surface area contributed by atoms with Gasteiger partial charge >= 0.3 is 0 Å². The first-order valence-corrected chi connectivity index (χ1v) is 6.00. The maximum Gasteiger partial charge on any atom is 0.191 e. The Bertz CT molecular complexity index is 231. The zero-order valence-electron chi connectivity index (χ0n) is 10.7. The van der Waals surface area contributed by atoms with Crippen molar-refractivity contribution in [2.75, 3.05) is 13.1 Å². The monoisotopic (exact) mass is 211 g/mol. The minimum atomic E-state index is 0.452. The van der Waals surface area contributed by atoms with Crippen LogP contribution in [-0.4, -0.2) is 25.1 Å². The van der Waals surface area contributed by atoms with Crippen LogP contribution in [0, 0.1) is 11.3 Å². The maximum atomic E-state index is 4.55. The summed E-state index contributed by atoms with van der Waals surface area (Å²) in [6.07, 6.45) is 1.25. The first-order chi connectivity index (χ1) is 6.95. The van der Waals surface area contributed by atoms with Gasteiger partial charge in [0.15, 0.2) is 5.96 Å². The van der Waals surface area contributed by atoms with Crippen molar-refractivity contribution in [2.45, 2.75) is 47.1 Å². The predicted molar refractivity (Wildman–Crippen MR) is 66.1 cm³/mol. The van der Waals surface area contributed by atoms with Crippen molar-refractivity contribution < 1.29 is 0 Å². The molecule has 1 fully saturated rings. The highest BCUT2D eigenvalue weighted by molar-refractivity contribution is 5.80. The molecule has 1 saturated carbocycles. The van der Waals surface area contributed by atoms with E-state index >= 15 is 0 Å². The van der Waals surface area contributed by atoms with E-state index in [-0.39, 0.29) is 0 Å². The summed E-state index contributed by atoms with van der Waals surface area (Å²) in [5.74, 6) is 1.59. The van der Waals surface area contributed by atoms with Gasteiger partial charge in [-0.15, -0.1) is 0 Å². The van der Waals surface area contributed by atoms with E-state index in [1.807, 2.05) is 0 Å². The minimum absolute atomic E-state index is 0.452. The Morgan fingerprint density at radius 2 is 2.07 bits per heavy atom. The molecular formula is C12H25N3. The average molecular weight is 211 g/mol. The fourth-order valence-electron chi connectivity index (χ4n) is 1.47. The van der Waals surface area contributed by atoms with Crippen LogP contribution >= 0.6 is 0 Å². The molecule has 3 nitrogen and oxygen atoms in total. The van der Waals surface area contributed by atoms with Gasteiger partial charge < -0.3 is 10.6 Å². The second-order valence-electron chi connectivity index (χ2n) is 5.50. The van der Waals surface area contributed by atoms with Gasteiger partial charge in [0, 0.05) is 19.1 Å². The molecule has 0 aromatic rings. The Morgan fingerprint density at radius 1 is 1.47 bits per heavy atom. The van der Waals surface area contributed by atoms with Crippen molar-refractivity contribution in [3.8, 4) is 0 Å². The standard InChI is InChI=1S/C12H25N3/c1-6-13-11(14-8-9(2)3)15-10-7-12(10,4)5/h9-10H,6-8H2,1-5H3,(H2,13,14,15). The zero-order chi connectivity index (χ0) is 11.5. The molecule has 0 aromatic heterocycles. The minimum Gasteiger partial charge on any atom is -0.357 e. The molecule has 0 amide bonds. The number of hydrogen-bond acceptors (Lipinski definition) is 1. The van der Waals surface area contributed by atoms with Crippen LogP contribution in [0.25, 0.3) is 0 Å². The second-order valence-corrected chi connectivity index (χ2v) is 5.50. The Kier molecular flexibility index (Phi) is 4.00. The van der Waals surface area contributed by atoms with Crippen molar-refractivity contribution in [3.05, 3.63) is 0 Å². The highest BCUT2D eigenvalue weighted by Crippen LogP contribution is 2.44. The van der Waals surface area contributed by atoms with E-state index in [1.54, 1.807) is 0 Å². The molecule has 1 aliphatic rings. The summed E-state index contributed by atoms with van der Waals surface area (Å²) in [6.45, 7) is 12.9. The molecule has 1 aliphatic carbocycles. The van der Waals surface area contributed by atoms with Crippen LogP contribution in [0.4, 0.5) is 0 Å². The molecule has 15 heavy (non-hydrogen) atoms. The fraction of sp³-hybridized carbons (Fsp3) is 0.917. The largest absolute Gasteiger partial charge is 0.357 e. The Morgan fingerprint density at radius 3 is 2.47 bits per heavy atom. The Labute approximate surface area is 93.7 Å². The third-order valence-corrected chi connectivity index (χ3v) is 2.78. The first-order valence-electron chi connectivity index (χ1n) is 6.00. The number of rotatable bonds is 4. The second kappa shape index (κ2) is 4.86. The molecule has 3 heteroatoms. The normalized spacial score (nSPS) is 24.1. The average Bonchev–Trinajstić information content (AvgIpc) is 2.70. The summed E-state index contributed by atoms with van der Waals surface area (Å²) in [7, 11) is 0. The molecule has 0 spiro atoms. The molecule has 2 N–H and O–H groups in total. The SMILES string of the molecule is CCNC(=NCC(C)C)NC1CC1(C)C. The molecule has 0 heterocycles. The van der Waals surface area contributed by atoms with Crippen LogP contribution in [0.5, 0.6) is 0 Å². The van der Waals surface area contributed by atoms with Gasteiger partial charge in [-0.3, -0.25) is 4.99 Å². The van der Waals surface area contributed by atoms with Gasteiger partial charge in [0.25, 0.3) is 0 Å².